The van der Waals surface area contributed by atoms with E-state index in [0.717, 1.165) is 12.8 Å². The maximum atomic E-state index is 11.0. The van der Waals surface area contributed by atoms with Crippen molar-refractivity contribution in [3.8, 4) is 0 Å². The van der Waals surface area contributed by atoms with Crippen LogP contribution in [0.3, 0.4) is 0 Å². The molecule has 5 heteroatoms. The molecular formula is C6H7N3O2. The number of aromatic nitrogens is 3. The molecule has 2 heterocycles. The van der Waals surface area contributed by atoms with Gasteiger partial charge in [-0.2, -0.15) is 4.98 Å². The number of rotatable bonds is 0. The van der Waals surface area contributed by atoms with E-state index in [1.54, 1.807) is 0 Å². The van der Waals surface area contributed by atoms with E-state index in [4.69, 9.17) is 0 Å². The van der Waals surface area contributed by atoms with Gasteiger partial charge in [-0.3, -0.25) is 9.55 Å². The van der Waals surface area contributed by atoms with Crippen molar-refractivity contribution >= 4 is 0 Å². The van der Waals surface area contributed by atoms with Crippen molar-refractivity contribution in [3.63, 3.8) is 0 Å². The van der Waals surface area contributed by atoms with Gasteiger partial charge in [0, 0.05) is 13.0 Å². The molecule has 1 aliphatic rings. The van der Waals surface area contributed by atoms with Gasteiger partial charge in [-0.05, 0) is 6.42 Å². The van der Waals surface area contributed by atoms with Gasteiger partial charge in [0.05, 0.1) is 0 Å². The minimum Gasteiger partial charge on any atom is -0.281 e. The smallest absolute Gasteiger partial charge is 0.281 e. The number of hydrogen-bond acceptors (Lipinski definition) is 3. The minimum absolute atomic E-state index is 0.336. The molecule has 0 aromatic carbocycles. The van der Waals surface area contributed by atoms with E-state index in [9.17, 15) is 9.59 Å². The van der Waals surface area contributed by atoms with E-state index in [1.165, 1.54) is 4.57 Å². The van der Waals surface area contributed by atoms with Gasteiger partial charge in [0.15, 0.2) is 0 Å². The maximum absolute atomic E-state index is 11.0. The molecule has 0 unspecified atom stereocenters. The highest BCUT2D eigenvalue weighted by molar-refractivity contribution is 4.92. The van der Waals surface area contributed by atoms with Gasteiger partial charge in [0.1, 0.15) is 5.82 Å². The van der Waals surface area contributed by atoms with Gasteiger partial charge >= 0.3 is 11.4 Å². The fourth-order valence-electron chi connectivity index (χ4n) is 1.30. The van der Waals surface area contributed by atoms with Crippen LogP contribution in [0.2, 0.25) is 0 Å². The largest absolute Gasteiger partial charge is 0.350 e. The Morgan fingerprint density at radius 2 is 2.27 bits per heavy atom. The van der Waals surface area contributed by atoms with Crippen LogP contribution in [0.4, 0.5) is 0 Å². The molecule has 0 bridgehead atoms. The summed E-state index contributed by atoms with van der Waals surface area (Å²) in [5.74, 6) is 0.610. The van der Waals surface area contributed by atoms with E-state index in [1.807, 2.05) is 0 Å². The molecule has 0 aliphatic carbocycles. The molecule has 1 aromatic heterocycles. The molecule has 58 valence electrons. The second kappa shape index (κ2) is 2.05. The third-order valence-corrected chi connectivity index (χ3v) is 1.78. The first-order valence-electron chi connectivity index (χ1n) is 3.47. The summed E-state index contributed by atoms with van der Waals surface area (Å²) in [6, 6.07) is 0. The minimum atomic E-state index is -0.539. The van der Waals surface area contributed by atoms with Crippen molar-refractivity contribution in [2.45, 2.75) is 19.4 Å². The van der Waals surface area contributed by atoms with Crippen LogP contribution in [0.1, 0.15) is 12.2 Å². The van der Waals surface area contributed by atoms with Gasteiger partial charge < -0.3 is 0 Å². The Bertz CT molecular complexity index is 390. The number of fused-ring (bicyclic) bond motifs is 1. The van der Waals surface area contributed by atoms with Gasteiger partial charge in [0.25, 0.3) is 0 Å². The van der Waals surface area contributed by atoms with E-state index in [0.29, 0.717) is 12.4 Å². The van der Waals surface area contributed by atoms with Crippen LogP contribution in [-0.4, -0.2) is 14.5 Å². The highest BCUT2D eigenvalue weighted by Gasteiger charge is 2.12. The number of H-pyrrole nitrogens is 1. The van der Waals surface area contributed by atoms with Crippen molar-refractivity contribution in [1.29, 1.82) is 0 Å². The molecule has 5 nitrogen and oxygen atoms in total. The molecule has 11 heavy (non-hydrogen) atoms. The Kier molecular flexibility index (Phi) is 1.18. The fourth-order valence-corrected chi connectivity index (χ4v) is 1.30. The normalized spacial score (nSPS) is 14.9. The molecular weight excluding hydrogens is 146 g/mol. The van der Waals surface area contributed by atoms with Crippen molar-refractivity contribution in [2.24, 2.45) is 0 Å². The number of nitrogens with zero attached hydrogens (tertiary/aromatic N) is 2. The average molecular weight is 153 g/mol. The number of hydrogen-bond donors (Lipinski definition) is 1. The van der Waals surface area contributed by atoms with E-state index < -0.39 is 5.69 Å². The molecule has 0 amide bonds. The molecule has 0 saturated heterocycles. The molecule has 0 fully saturated rings. The highest BCUT2D eigenvalue weighted by atomic mass is 16.2. The van der Waals surface area contributed by atoms with Crippen molar-refractivity contribution in [1.82, 2.24) is 14.5 Å². The Morgan fingerprint density at radius 1 is 1.45 bits per heavy atom. The number of aryl methyl sites for hydroxylation is 1. The molecule has 0 atom stereocenters. The topological polar surface area (TPSA) is 67.8 Å². The summed E-state index contributed by atoms with van der Waals surface area (Å²) in [6.45, 7) is 0.679. The Hall–Kier alpha value is -1.39. The summed E-state index contributed by atoms with van der Waals surface area (Å²) in [5, 5.41) is 0. The lowest BCUT2D eigenvalue weighted by atomic mass is 10.4. The van der Waals surface area contributed by atoms with Crippen LogP contribution >= 0.6 is 0 Å². The first-order valence-corrected chi connectivity index (χ1v) is 3.47. The predicted molar refractivity (Wildman–Crippen MR) is 37.4 cm³/mol. The van der Waals surface area contributed by atoms with Gasteiger partial charge in [-0.25, -0.2) is 9.59 Å². The molecule has 2 rings (SSSR count). The molecule has 0 saturated carbocycles. The molecule has 0 radical (unpaired) electrons. The molecule has 0 spiro atoms. The first kappa shape index (κ1) is 6.33. The summed E-state index contributed by atoms with van der Waals surface area (Å²) in [7, 11) is 0. The number of aromatic amines is 1. The zero-order valence-corrected chi connectivity index (χ0v) is 5.83. The lowest BCUT2D eigenvalue weighted by Gasteiger charge is -1.96. The summed E-state index contributed by atoms with van der Waals surface area (Å²) in [6.07, 6.45) is 1.64. The van der Waals surface area contributed by atoms with E-state index >= 15 is 0 Å². The van der Waals surface area contributed by atoms with Gasteiger partial charge in [-0.15, -0.1) is 0 Å². The Morgan fingerprint density at radius 3 is 3.09 bits per heavy atom. The van der Waals surface area contributed by atoms with Gasteiger partial charge in [-0.1, -0.05) is 0 Å². The third-order valence-electron chi connectivity index (χ3n) is 1.78. The van der Waals surface area contributed by atoms with Crippen molar-refractivity contribution in [2.75, 3.05) is 0 Å². The van der Waals surface area contributed by atoms with Crippen LogP contribution < -0.4 is 11.4 Å². The summed E-state index contributed by atoms with van der Waals surface area (Å²) in [5.41, 5.74) is -0.874. The Labute approximate surface area is 61.7 Å². The summed E-state index contributed by atoms with van der Waals surface area (Å²) >= 11 is 0. The third kappa shape index (κ3) is 0.886. The summed E-state index contributed by atoms with van der Waals surface area (Å²) in [4.78, 5) is 27.4. The molecule has 1 N–H and O–H groups in total. The lowest BCUT2D eigenvalue weighted by molar-refractivity contribution is 0.673. The average Bonchev–Trinajstić information content (AvgIpc) is 2.34. The Balaban J connectivity index is 2.80. The lowest BCUT2D eigenvalue weighted by Crippen LogP contribution is -2.32. The predicted octanol–water partition coefficient (Wildman–Crippen LogP) is -1.12. The first-order chi connectivity index (χ1) is 5.27. The second-order valence-electron chi connectivity index (χ2n) is 2.52. The quantitative estimate of drug-likeness (QED) is 0.513. The maximum Gasteiger partial charge on any atom is 0.350 e. The second-order valence-corrected chi connectivity index (χ2v) is 2.52. The monoisotopic (exact) mass is 153 g/mol. The SMILES string of the molecule is O=c1nc2n(c(=O)[nH]1)CCC2. The number of nitrogens with one attached hydrogen (secondary N) is 1. The van der Waals surface area contributed by atoms with Crippen molar-refractivity contribution in [3.05, 3.63) is 26.8 Å². The highest BCUT2D eigenvalue weighted by Crippen LogP contribution is 2.04. The molecule has 1 aliphatic heterocycles. The van der Waals surface area contributed by atoms with Crippen LogP contribution in [-0.2, 0) is 13.0 Å². The van der Waals surface area contributed by atoms with Crippen LogP contribution in [0.5, 0.6) is 0 Å². The van der Waals surface area contributed by atoms with Crippen LogP contribution in [0, 0.1) is 0 Å². The van der Waals surface area contributed by atoms with Gasteiger partial charge in [0.2, 0.25) is 0 Å². The van der Waals surface area contributed by atoms with E-state index in [2.05, 4.69) is 9.97 Å². The van der Waals surface area contributed by atoms with Crippen LogP contribution in [0.15, 0.2) is 9.59 Å². The fraction of sp³-hybridized carbons (Fsp3) is 0.500. The van der Waals surface area contributed by atoms with E-state index in [-0.39, 0.29) is 5.69 Å². The molecule has 1 aromatic rings. The van der Waals surface area contributed by atoms with Crippen LogP contribution in [0.25, 0.3) is 0 Å². The zero-order valence-electron chi connectivity index (χ0n) is 5.83. The standard InChI is InChI=1S/C6H7N3O2/c10-5-7-4-2-1-3-9(4)6(11)8-5/h1-3H2,(H,8,10,11). The van der Waals surface area contributed by atoms with Crippen molar-refractivity contribution < 1.29 is 0 Å². The summed E-state index contributed by atoms with van der Waals surface area (Å²) < 4.78 is 1.50. The zero-order chi connectivity index (χ0) is 7.84.